The van der Waals surface area contributed by atoms with Gasteiger partial charge in [-0.05, 0) is 48.2 Å². The van der Waals surface area contributed by atoms with E-state index in [2.05, 4.69) is 5.32 Å². The molecule has 0 radical (unpaired) electrons. The highest BCUT2D eigenvalue weighted by Crippen LogP contribution is 2.35. The lowest BCUT2D eigenvalue weighted by molar-refractivity contribution is 0.0599. The summed E-state index contributed by atoms with van der Waals surface area (Å²) in [6.45, 7) is 0. The third kappa shape index (κ3) is 2.66. The molecule has 0 aliphatic carbocycles. The molecule has 3 nitrogen and oxygen atoms in total. The van der Waals surface area contributed by atoms with Gasteiger partial charge >= 0.3 is 5.97 Å². The number of esters is 1. The lowest BCUT2D eigenvalue weighted by Gasteiger charge is -2.28. The largest absolute Gasteiger partial charge is 0.465 e. The minimum atomic E-state index is -0.544. The Morgan fingerprint density at radius 2 is 1.91 bits per heavy atom. The van der Waals surface area contributed by atoms with Crippen LogP contribution < -0.4 is 5.32 Å². The Hall–Kier alpha value is -2.43. The summed E-state index contributed by atoms with van der Waals surface area (Å²) in [5, 5.41) is 3.22. The second kappa shape index (κ2) is 5.75. The van der Waals surface area contributed by atoms with E-state index < -0.39 is 11.8 Å². The van der Waals surface area contributed by atoms with Crippen molar-refractivity contribution in [2.75, 3.05) is 12.4 Å². The Balaban J connectivity index is 1.94. The molecule has 0 aromatic heterocycles. The van der Waals surface area contributed by atoms with Gasteiger partial charge in [-0.25, -0.2) is 13.6 Å². The van der Waals surface area contributed by atoms with Gasteiger partial charge in [0.2, 0.25) is 0 Å². The van der Waals surface area contributed by atoms with Crippen molar-refractivity contribution < 1.29 is 18.3 Å². The van der Waals surface area contributed by atoms with Crippen LogP contribution in [0.5, 0.6) is 0 Å². The first kappa shape index (κ1) is 14.5. The smallest absolute Gasteiger partial charge is 0.338 e. The number of hydrogen-bond donors (Lipinski definition) is 1. The molecule has 1 heterocycles. The molecule has 0 bridgehead atoms. The number of halogens is 2. The van der Waals surface area contributed by atoms with Gasteiger partial charge in [-0.1, -0.05) is 12.1 Å². The van der Waals surface area contributed by atoms with Gasteiger partial charge in [-0.3, -0.25) is 0 Å². The summed E-state index contributed by atoms with van der Waals surface area (Å²) in [7, 11) is 1.28. The fourth-order valence-corrected chi connectivity index (χ4v) is 2.82. The first-order valence-corrected chi connectivity index (χ1v) is 7.01. The Morgan fingerprint density at radius 3 is 2.59 bits per heavy atom. The number of hydrogen-bond acceptors (Lipinski definition) is 3. The highest BCUT2D eigenvalue weighted by molar-refractivity contribution is 5.93. The zero-order chi connectivity index (χ0) is 15.7. The number of methoxy groups -OCH3 is 1. The maximum Gasteiger partial charge on any atom is 0.338 e. The molecule has 2 aromatic carbocycles. The van der Waals surface area contributed by atoms with Crippen LogP contribution in [0.25, 0.3) is 0 Å². The fraction of sp³-hybridized carbons (Fsp3) is 0.235. The van der Waals surface area contributed by atoms with Gasteiger partial charge in [0.1, 0.15) is 11.6 Å². The van der Waals surface area contributed by atoms with Crippen molar-refractivity contribution in [3.8, 4) is 0 Å². The van der Waals surface area contributed by atoms with E-state index in [0.717, 1.165) is 17.5 Å². The first-order valence-electron chi connectivity index (χ1n) is 7.01. The summed E-state index contributed by atoms with van der Waals surface area (Å²) in [6.07, 6.45) is 1.35. The van der Waals surface area contributed by atoms with Crippen LogP contribution in [0.4, 0.5) is 14.5 Å². The lowest BCUT2D eigenvalue weighted by Crippen LogP contribution is -2.21. The topological polar surface area (TPSA) is 38.3 Å². The van der Waals surface area contributed by atoms with E-state index in [9.17, 15) is 13.6 Å². The molecule has 5 heteroatoms. The second-order valence-electron chi connectivity index (χ2n) is 5.26. The zero-order valence-corrected chi connectivity index (χ0v) is 12.0. The van der Waals surface area contributed by atoms with Crippen LogP contribution >= 0.6 is 0 Å². The Kier molecular flexibility index (Phi) is 3.79. The molecule has 1 N–H and O–H groups in total. The van der Waals surface area contributed by atoms with Gasteiger partial charge in [0.15, 0.2) is 0 Å². The van der Waals surface area contributed by atoms with Gasteiger partial charge in [-0.15, -0.1) is 0 Å². The van der Waals surface area contributed by atoms with Gasteiger partial charge in [0.25, 0.3) is 0 Å². The molecule has 1 aliphatic rings. The number of anilines is 1. The number of nitrogens with one attached hydrogen (secondary N) is 1. The Bertz CT molecular complexity index is 713. The highest BCUT2D eigenvalue weighted by Gasteiger charge is 2.25. The van der Waals surface area contributed by atoms with Crippen LogP contribution in [0, 0.1) is 11.6 Å². The number of fused-ring (bicyclic) bond motifs is 1. The van der Waals surface area contributed by atoms with Crippen LogP contribution in [0.2, 0.25) is 0 Å². The molecular weight excluding hydrogens is 288 g/mol. The normalized spacial score (nSPS) is 16.6. The van der Waals surface area contributed by atoms with E-state index in [1.165, 1.54) is 31.4 Å². The summed E-state index contributed by atoms with van der Waals surface area (Å²) in [5.41, 5.74) is 2.52. The van der Waals surface area contributed by atoms with Crippen molar-refractivity contribution >= 4 is 11.7 Å². The van der Waals surface area contributed by atoms with Gasteiger partial charge in [-0.2, -0.15) is 0 Å². The van der Waals surface area contributed by atoms with E-state index >= 15 is 0 Å². The number of ether oxygens (including phenoxy) is 1. The summed E-state index contributed by atoms with van der Waals surface area (Å²) < 4.78 is 31.4. The second-order valence-corrected chi connectivity index (χ2v) is 5.26. The molecule has 3 rings (SSSR count). The van der Waals surface area contributed by atoms with E-state index in [-0.39, 0.29) is 17.4 Å². The molecule has 1 aliphatic heterocycles. The molecular formula is C17H15F2NO2. The summed E-state index contributed by atoms with van der Waals surface area (Å²) >= 11 is 0. The monoisotopic (exact) mass is 303 g/mol. The quantitative estimate of drug-likeness (QED) is 0.856. The van der Waals surface area contributed by atoms with E-state index in [1.54, 1.807) is 12.1 Å². The molecule has 0 saturated heterocycles. The summed E-state index contributed by atoms with van der Waals surface area (Å²) in [6, 6.07) is 8.75. The number of rotatable bonds is 2. The van der Waals surface area contributed by atoms with Crippen molar-refractivity contribution in [3.05, 3.63) is 64.7 Å². The third-order valence-electron chi connectivity index (χ3n) is 3.91. The van der Waals surface area contributed by atoms with Gasteiger partial charge in [0, 0.05) is 5.69 Å². The average molecular weight is 303 g/mol. The lowest BCUT2D eigenvalue weighted by atomic mass is 9.90. The Morgan fingerprint density at radius 1 is 1.18 bits per heavy atom. The minimum Gasteiger partial charge on any atom is -0.465 e. The van der Waals surface area contributed by atoms with Crippen molar-refractivity contribution in [1.29, 1.82) is 0 Å². The molecule has 2 aromatic rings. The zero-order valence-electron chi connectivity index (χ0n) is 12.0. The first-order chi connectivity index (χ1) is 10.6. The maximum atomic E-state index is 13.7. The predicted molar refractivity (Wildman–Crippen MR) is 78.8 cm³/mol. The standard InChI is InChI=1S/C17H15F2NO2/c1-22-17(21)14-8-12(19)9-16-13(14)6-7-15(20-16)10-2-4-11(18)5-3-10/h2-5,8-9,15,20H,6-7H2,1H3/t15-/m0/s1. The van der Waals surface area contributed by atoms with E-state index in [4.69, 9.17) is 4.74 Å². The van der Waals surface area contributed by atoms with E-state index in [1.807, 2.05) is 0 Å². The number of benzene rings is 2. The molecule has 0 unspecified atom stereocenters. The predicted octanol–water partition coefficient (Wildman–Crippen LogP) is 3.85. The van der Waals surface area contributed by atoms with Crippen molar-refractivity contribution in [2.24, 2.45) is 0 Å². The number of carbonyl (C=O) groups excluding carboxylic acids is 1. The fourth-order valence-electron chi connectivity index (χ4n) is 2.82. The molecule has 114 valence electrons. The Labute approximate surface area is 126 Å². The molecule has 22 heavy (non-hydrogen) atoms. The third-order valence-corrected chi connectivity index (χ3v) is 3.91. The highest BCUT2D eigenvalue weighted by atomic mass is 19.1. The van der Waals surface area contributed by atoms with Crippen LogP contribution in [0.15, 0.2) is 36.4 Å². The minimum absolute atomic E-state index is 0.0413. The van der Waals surface area contributed by atoms with Crippen molar-refractivity contribution in [3.63, 3.8) is 0 Å². The molecule has 0 saturated carbocycles. The molecule has 1 atom stereocenters. The van der Waals surface area contributed by atoms with Crippen LogP contribution in [-0.2, 0) is 11.2 Å². The molecule has 0 amide bonds. The number of carbonyl (C=O) groups is 1. The SMILES string of the molecule is COC(=O)c1cc(F)cc2c1CC[C@@H](c1ccc(F)cc1)N2. The molecule has 0 spiro atoms. The molecule has 0 fully saturated rings. The summed E-state index contributed by atoms with van der Waals surface area (Å²) in [4.78, 5) is 11.8. The van der Waals surface area contributed by atoms with Crippen LogP contribution in [0.3, 0.4) is 0 Å². The van der Waals surface area contributed by atoms with E-state index in [0.29, 0.717) is 12.1 Å². The van der Waals surface area contributed by atoms with Crippen molar-refractivity contribution in [1.82, 2.24) is 0 Å². The van der Waals surface area contributed by atoms with Crippen LogP contribution in [0.1, 0.15) is 33.9 Å². The van der Waals surface area contributed by atoms with Crippen LogP contribution in [-0.4, -0.2) is 13.1 Å². The average Bonchev–Trinajstić information content (AvgIpc) is 2.53. The van der Waals surface area contributed by atoms with Crippen molar-refractivity contribution in [2.45, 2.75) is 18.9 Å². The summed E-state index contributed by atoms with van der Waals surface area (Å²) in [5.74, 6) is -1.33. The maximum absolute atomic E-state index is 13.7. The van der Waals surface area contributed by atoms with Gasteiger partial charge in [0.05, 0.1) is 18.7 Å². The van der Waals surface area contributed by atoms with Gasteiger partial charge < -0.3 is 10.1 Å².